The van der Waals surface area contributed by atoms with Crippen LogP contribution in [0, 0.1) is 0 Å². The molecule has 6 heteroatoms. The molecule has 3 rings (SSSR count). The number of allylic oxidation sites excluding steroid dienone is 1. The second-order valence-electron chi connectivity index (χ2n) is 5.02. The monoisotopic (exact) mass is 376 g/mol. The Morgan fingerprint density at radius 3 is 2.04 bits per heavy atom. The highest BCUT2D eigenvalue weighted by atomic mass is 35.5. The number of rotatable bonds is 4. The molecule has 3 nitrogen and oxygen atoms in total. The van der Waals surface area contributed by atoms with Crippen LogP contribution in [0.25, 0.3) is 11.8 Å². The van der Waals surface area contributed by atoms with Gasteiger partial charge in [-0.25, -0.2) is 4.98 Å². The molecule has 0 saturated carbocycles. The fourth-order valence-corrected chi connectivity index (χ4v) is 2.55. The van der Waals surface area contributed by atoms with Crippen LogP contribution in [-0.4, -0.2) is 15.3 Å². The largest absolute Gasteiger partial charge is 0.301 e. The van der Waals surface area contributed by atoms with Crippen LogP contribution in [0.2, 0.25) is 15.2 Å². The molecule has 1 heterocycles. The molecule has 0 aliphatic heterocycles. The highest BCUT2D eigenvalue weighted by Crippen LogP contribution is 2.21. The molecule has 3 aromatic rings. The van der Waals surface area contributed by atoms with Crippen molar-refractivity contribution in [1.29, 1.82) is 0 Å². The van der Waals surface area contributed by atoms with E-state index in [9.17, 15) is 4.79 Å². The van der Waals surface area contributed by atoms with Crippen molar-refractivity contribution in [2.24, 2.45) is 0 Å². The number of halogens is 3. The maximum Gasteiger partial charge on any atom is 0.209 e. The van der Waals surface area contributed by atoms with Crippen molar-refractivity contribution in [3.05, 3.63) is 87.4 Å². The van der Waals surface area contributed by atoms with Crippen molar-refractivity contribution < 1.29 is 4.79 Å². The van der Waals surface area contributed by atoms with Gasteiger partial charge < -0.3 is 4.57 Å². The number of hydrogen-bond donors (Lipinski definition) is 0. The van der Waals surface area contributed by atoms with Gasteiger partial charge in [-0.05, 0) is 48.0 Å². The zero-order chi connectivity index (χ0) is 17.1. The van der Waals surface area contributed by atoms with Crippen molar-refractivity contribution in [2.75, 3.05) is 0 Å². The number of hydrogen-bond acceptors (Lipinski definition) is 2. The molecule has 120 valence electrons. The van der Waals surface area contributed by atoms with E-state index >= 15 is 0 Å². The van der Waals surface area contributed by atoms with Gasteiger partial charge in [0.05, 0.1) is 5.70 Å². The zero-order valence-corrected chi connectivity index (χ0v) is 14.6. The quantitative estimate of drug-likeness (QED) is 0.430. The summed E-state index contributed by atoms with van der Waals surface area (Å²) >= 11 is 17.7. The second kappa shape index (κ2) is 7.22. The summed E-state index contributed by atoms with van der Waals surface area (Å²) in [6.45, 7) is 0. The normalized spacial score (nSPS) is 11.5. The van der Waals surface area contributed by atoms with Gasteiger partial charge in [-0.2, -0.15) is 0 Å². The summed E-state index contributed by atoms with van der Waals surface area (Å²) in [6.07, 6.45) is 4.83. The van der Waals surface area contributed by atoms with Crippen LogP contribution < -0.4 is 0 Å². The molecule has 24 heavy (non-hydrogen) atoms. The maximum atomic E-state index is 12.9. The summed E-state index contributed by atoms with van der Waals surface area (Å²) in [6, 6.07) is 13.9. The highest BCUT2D eigenvalue weighted by molar-refractivity contribution is 6.32. The number of aromatic nitrogens is 2. The van der Waals surface area contributed by atoms with E-state index in [0.29, 0.717) is 26.5 Å². The van der Waals surface area contributed by atoms with Crippen LogP contribution in [0.4, 0.5) is 0 Å². The number of Topliss-reactive ketones (excluding diaryl/α,β-unsaturated/α-hetero) is 1. The Kier molecular flexibility index (Phi) is 5.05. The average Bonchev–Trinajstić information content (AvgIpc) is 3.00. The summed E-state index contributed by atoms with van der Waals surface area (Å²) in [5.74, 6) is -0.171. The second-order valence-corrected chi connectivity index (χ2v) is 6.28. The smallest absolute Gasteiger partial charge is 0.209 e. The fraction of sp³-hybridized carbons (Fsp3) is 0. The van der Waals surface area contributed by atoms with Gasteiger partial charge in [-0.1, -0.05) is 46.9 Å². The predicted molar refractivity (Wildman–Crippen MR) is 98.6 cm³/mol. The Bertz CT molecular complexity index is 897. The van der Waals surface area contributed by atoms with E-state index < -0.39 is 0 Å². The summed E-state index contributed by atoms with van der Waals surface area (Å²) in [7, 11) is 0. The van der Waals surface area contributed by atoms with Gasteiger partial charge in [0.25, 0.3) is 0 Å². The SMILES string of the molecule is O=C(/C(=C\c1ccc(Cl)cc1)n1cnc(Cl)c1)c1ccc(Cl)cc1. The average molecular weight is 378 g/mol. The third-order valence-corrected chi connectivity index (χ3v) is 4.04. The predicted octanol–water partition coefficient (Wildman–Crippen LogP) is 5.72. The first-order valence-corrected chi connectivity index (χ1v) is 8.14. The van der Waals surface area contributed by atoms with Crippen LogP contribution >= 0.6 is 34.8 Å². The number of benzene rings is 2. The van der Waals surface area contributed by atoms with Gasteiger partial charge >= 0.3 is 0 Å². The summed E-state index contributed by atoms with van der Waals surface area (Å²) < 4.78 is 1.59. The highest BCUT2D eigenvalue weighted by Gasteiger charge is 2.15. The summed E-state index contributed by atoms with van der Waals surface area (Å²) in [4.78, 5) is 16.9. The van der Waals surface area contributed by atoms with E-state index in [1.54, 1.807) is 53.2 Å². The molecule has 0 spiro atoms. The van der Waals surface area contributed by atoms with E-state index in [1.807, 2.05) is 12.1 Å². The summed E-state index contributed by atoms with van der Waals surface area (Å²) in [5, 5.41) is 1.50. The molecule has 0 bridgehead atoms. The van der Waals surface area contributed by atoms with Gasteiger partial charge in [-0.15, -0.1) is 0 Å². The molecule has 0 atom stereocenters. The molecule has 0 fully saturated rings. The standard InChI is InChI=1S/C18H11Cl3N2O/c19-14-5-1-12(2-6-14)9-16(23-10-17(21)22-11-23)18(24)13-3-7-15(20)8-4-13/h1-11H/b16-9+. The van der Waals surface area contributed by atoms with Crippen LogP contribution in [0.1, 0.15) is 15.9 Å². The molecule has 2 aromatic carbocycles. The minimum absolute atomic E-state index is 0.171. The van der Waals surface area contributed by atoms with Crippen molar-refractivity contribution >= 4 is 52.4 Å². The van der Waals surface area contributed by atoms with E-state index in [4.69, 9.17) is 34.8 Å². The Balaban J connectivity index is 2.06. The lowest BCUT2D eigenvalue weighted by Crippen LogP contribution is -2.08. The van der Waals surface area contributed by atoms with Gasteiger partial charge in [0.1, 0.15) is 11.5 Å². The van der Waals surface area contributed by atoms with Crippen LogP contribution in [0.15, 0.2) is 61.1 Å². The Morgan fingerprint density at radius 2 is 1.50 bits per heavy atom. The first-order chi connectivity index (χ1) is 11.5. The molecule has 1 aromatic heterocycles. The van der Waals surface area contributed by atoms with Crippen LogP contribution in [0.5, 0.6) is 0 Å². The van der Waals surface area contributed by atoms with Crippen molar-refractivity contribution in [1.82, 2.24) is 9.55 Å². The van der Waals surface area contributed by atoms with E-state index in [-0.39, 0.29) is 5.78 Å². The molecule has 0 N–H and O–H groups in total. The Labute approximate surface area is 154 Å². The number of ketones is 1. The third kappa shape index (κ3) is 3.88. The Hall–Kier alpha value is -2.07. The van der Waals surface area contributed by atoms with Crippen molar-refractivity contribution in [3.8, 4) is 0 Å². The number of imidazole rings is 1. The first kappa shape index (κ1) is 16.8. The van der Waals surface area contributed by atoms with E-state index in [0.717, 1.165) is 5.56 Å². The molecule has 0 unspecified atom stereocenters. The summed E-state index contributed by atoms with van der Waals surface area (Å²) in [5.41, 5.74) is 1.77. The molecule has 0 aliphatic rings. The maximum absolute atomic E-state index is 12.9. The van der Waals surface area contributed by atoms with E-state index in [2.05, 4.69) is 4.98 Å². The number of nitrogens with zero attached hydrogens (tertiary/aromatic N) is 2. The van der Waals surface area contributed by atoms with Crippen LogP contribution in [-0.2, 0) is 0 Å². The van der Waals surface area contributed by atoms with Gasteiger partial charge in [0.15, 0.2) is 0 Å². The molecule has 0 saturated heterocycles. The van der Waals surface area contributed by atoms with Crippen molar-refractivity contribution in [2.45, 2.75) is 0 Å². The zero-order valence-electron chi connectivity index (χ0n) is 12.3. The molecule has 0 amide bonds. The topological polar surface area (TPSA) is 34.9 Å². The van der Waals surface area contributed by atoms with Gasteiger partial charge in [0.2, 0.25) is 5.78 Å². The van der Waals surface area contributed by atoms with Gasteiger partial charge in [-0.3, -0.25) is 4.79 Å². The lowest BCUT2D eigenvalue weighted by Gasteiger charge is -2.08. The van der Waals surface area contributed by atoms with Crippen LogP contribution in [0.3, 0.4) is 0 Å². The Morgan fingerprint density at radius 1 is 0.917 bits per heavy atom. The minimum atomic E-state index is -0.171. The van der Waals surface area contributed by atoms with E-state index in [1.165, 1.54) is 6.33 Å². The first-order valence-electron chi connectivity index (χ1n) is 7.00. The molecule has 0 aliphatic carbocycles. The lowest BCUT2D eigenvalue weighted by molar-refractivity contribution is 0.105. The fourth-order valence-electron chi connectivity index (χ4n) is 2.15. The molecular formula is C18H11Cl3N2O. The molecule has 0 radical (unpaired) electrons. The van der Waals surface area contributed by atoms with Crippen molar-refractivity contribution in [3.63, 3.8) is 0 Å². The number of carbonyl (C=O) groups excluding carboxylic acids is 1. The third-order valence-electron chi connectivity index (χ3n) is 3.34. The number of carbonyl (C=O) groups is 1. The molecular weight excluding hydrogens is 367 g/mol. The lowest BCUT2D eigenvalue weighted by atomic mass is 10.1. The minimum Gasteiger partial charge on any atom is -0.301 e. The van der Waals surface area contributed by atoms with Gasteiger partial charge in [0, 0.05) is 21.8 Å².